The summed E-state index contributed by atoms with van der Waals surface area (Å²) < 4.78 is 13.6. The van der Waals surface area contributed by atoms with Crippen LogP contribution in [-0.2, 0) is 9.59 Å². The number of carbonyl (C=O) groups is 2. The molecule has 2 saturated carbocycles. The number of allylic oxidation sites excluding steroid dienone is 2. The summed E-state index contributed by atoms with van der Waals surface area (Å²) in [6, 6.07) is 6.17. The molecule has 2 amide bonds. The quantitative estimate of drug-likeness (QED) is 0.694. The molecule has 0 unspecified atom stereocenters. The van der Waals surface area contributed by atoms with E-state index < -0.39 is 0 Å². The second kappa shape index (κ2) is 7.18. The minimum Gasteiger partial charge on any atom is -0.326 e. The number of likely N-dealkylation sites (tertiary alicyclic amines) is 1. The molecule has 6 atom stereocenters. The van der Waals surface area contributed by atoms with Gasteiger partial charge in [0.15, 0.2) is 0 Å². The summed E-state index contributed by atoms with van der Waals surface area (Å²) >= 11 is 0. The number of nitrogens with zero attached hydrogens (tertiary/aromatic N) is 1. The Hall–Kier alpha value is -2.17. The van der Waals surface area contributed by atoms with Crippen molar-refractivity contribution in [2.45, 2.75) is 58.8 Å². The Morgan fingerprint density at radius 2 is 1.97 bits per heavy atom. The van der Waals surface area contributed by atoms with E-state index in [4.69, 9.17) is 0 Å². The van der Waals surface area contributed by atoms with E-state index in [1.807, 2.05) is 11.9 Å². The van der Waals surface area contributed by atoms with Gasteiger partial charge in [-0.1, -0.05) is 26.0 Å². The van der Waals surface area contributed by atoms with Crippen molar-refractivity contribution in [2.24, 2.45) is 34.5 Å². The van der Waals surface area contributed by atoms with Gasteiger partial charge in [-0.2, -0.15) is 0 Å². The molecule has 0 spiro atoms. The van der Waals surface area contributed by atoms with Gasteiger partial charge < -0.3 is 10.2 Å². The van der Waals surface area contributed by atoms with Crippen LogP contribution in [0.4, 0.5) is 10.1 Å². The number of rotatable bonds is 2. The molecule has 1 aromatic rings. The molecular weight excluding hydrogens is 391 g/mol. The molecule has 3 fully saturated rings. The van der Waals surface area contributed by atoms with Gasteiger partial charge in [-0.25, -0.2) is 4.39 Å². The number of benzene rings is 1. The molecule has 0 aromatic heterocycles. The highest BCUT2D eigenvalue weighted by Crippen LogP contribution is 2.66. The van der Waals surface area contributed by atoms with Crippen molar-refractivity contribution < 1.29 is 14.0 Å². The first kappa shape index (κ1) is 20.7. The molecule has 31 heavy (non-hydrogen) atoms. The van der Waals surface area contributed by atoms with E-state index in [-0.39, 0.29) is 34.4 Å². The maximum Gasteiger partial charge on any atom is 0.228 e. The molecule has 5 rings (SSSR count). The fourth-order valence-electron chi connectivity index (χ4n) is 7.81. The number of amides is 2. The Balaban J connectivity index is 1.39. The van der Waals surface area contributed by atoms with Gasteiger partial charge in [-0.05, 0) is 79.9 Å². The summed E-state index contributed by atoms with van der Waals surface area (Å²) in [5.74, 6) is 1.57. The second-order valence-corrected chi connectivity index (χ2v) is 10.7. The fraction of sp³-hybridized carbons (Fsp3) is 0.615. The highest BCUT2D eigenvalue weighted by Gasteiger charge is 2.60. The maximum absolute atomic E-state index is 13.6. The van der Waals surface area contributed by atoms with Crippen molar-refractivity contribution in [1.29, 1.82) is 0 Å². The van der Waals surface area contributed by atoms with Crippen LogP contribution in [0.2, 0.25) is 0 Å². The van der Waals surface area contributed by atoms with Crippen LogP contribution >= 0.6 is 0 Å². The third-order valence-corrected chi connectivity index (χ3v) is 9.43. The summed E-state index contributed by atoms with van der Waals surface area (Å²) in [6.45, 7) is 4.68. The van der Waals surface area contributed by atoms with Gasteiger partial charge in [0.1, 0.15) is 5.82 Å². The van der Waals surface area contributed by atoms with Crippen LogP contribution in [0, 0.1) is 40.3 Å². The van der Waals surface area contributed by atoms with E-state index in [0.29, 0.717) is 29.9 Å². The zero-order valence-corrected chi connectivity index (χ0v) is 18.8. The molecule has 1 heterocycles. The molecule has 5 heteroatoms. The van der Waals surface area contributed by atoms with Gasteiger partial charge in [0, 0.05) is 36.2 Å². The Labute approximate surface area is 184 Å². The van der Waals surface area contributed by atoms with Crippen molar-refractivity contribution >= 4 is 17.5 Å². The molecule has 4 nitrogen and oxygen atoms in total. The number of anilines is 1. The predicted molar refractivity (Wildman–Crippen MR) is 118 cm³/mol. The number of fused-ring (bicyclic) bond motifs is 5. The van der Waals surface area contributed by atoms with Gasteiger partial charge in [0.05, 0.1) is 0 Å². The van der Waals surface area contributed by atoms with Crippen molar-refractivity contribution in [3.63, 3.8) is 0 Å². The van der Waals surface area contributed by atoms with E-state index in [1.165, 1.54) is 17.8 Å². The number of carbonyl (C=O) groups excluding carboxylic acids is 2. The summed E-state index contributed by atoms with van der Waals surface area (Å²) in [6.07, 6.45) is 9.03. The normalized spacial score (nSPS) is 39.3. The summed E-state index contributed by atoms with van der Waals surface area (Å²) in [4.78, 5) is 27.4. The number of hydrogen-bond acceptors (Lipinski definition) is 2. The molecule has 1 saturated heterocycles. The molecule has 4 aliphatic rings. The van der Waals surface area contributed by atoms with E-state index >= 15 is 0 Å². The first-order chi connectivity index (χ1) is 14.7. The monoisotopic (exact) mass is 424 g/mol. The lowest BCUT2D eigenvalue weighted by Gasteiger charge is -2.58. The third-order valence-electron chi connectivity index (χ3n) is 9.43. The molecule has 1 N–H and O–H groups in total. The summed E-state index contributed by atoms with van der Waals surface area (Å²) in [5, 5.41) is 2.98. The lowest BCUT2D eigenvalue weighted by atomic mass is 9.49. The second-order valence-electron chi connectivity index (χ2n) is 10.7. The van der Waals surface area contributed by atoms with Gasteiger partial charge in [0.25, 0.3) is 0 Å². The molecule has 0 bridgehead atoms. The first-order valence-corrected chi connectivity index (χ1v) is 11.8. The third kappa shape index (κ3) is 3.07. The van der Waals surface area contributed by atoms with Gasteiger partial charge >= 0.3 is 0 Å². The topological polar surface area (TPSA) is 49.4 Å². The minimum absolute atomic E-state index is 0.0172. The Morgan fingerprint density at radius 3 is 2.74 bits per heavy atom. The highest BCUT2D eigenvalue weighted by molar-refractivity contribution is 5.93. The average Bonchev–Trinajstić information content (AvgIpc) is 3.08. The van der Waals surface area contributed by atoms with E-state index in [9.17, 15) is 14.0 Å². The number of hydrogen-bond donors (Lipinski definition) is 1. The highest BCUT2D eigenvalue weighted by atomic mass is 19.1. The molecular formula is C26H33FN2O2. The van der Waals surface area contributed by atoms with E-state index in [0.717, 1.165) is 38.5 Å². The minimum atomic E-state index is -0.331. The number of piperidine rings is 1. The van der Waals surface area contributed by atoms with Gasteiger partial charge in [0.2, 0.25) is 11.8 Å². The van der Waals surface area contributed by atoms with Crippen molar-refractivity contribution in [3.05, 3.63) is 41.9 Å². The Kier molecular flexibility index (Phi) is 4.80. The zero-order valence-electron chi connectivity index (χ0n) is 18.8. The summed E-state index contributed by atoms with van der Waals surface area (Å²) in [5.41, 5.74) is 1.82. The first-order valence-electron chi connectivity index (χ1n) is 11.8. The van der Waals surface area contributed by atoms with E-state index in [1.54, 1.807) is 12.1 Å². The van der Waals surface area contributed by atoms with Crippen LogP contribution in [0.3, 0.4) is 0 Å². The van der Waals surface area contributed by atoms with Crippen molar-refractivity contribution in [2.75, 3.05) is 12.4 Å². The van der Waals surface area contributed by atoms with E-state index in [2.05, 4.69) is 25.2 Å². The summed E-state index contributed by atoms with van der Waals surface area (Å²) in [7, 11) is 1.93. The largest absolute Gasteiger partial charge is 0.326 e. The smallest absolute Gasteiger partial charge is 0.228 e. The lowest BCUT2D eigenvalue weighted by Crippen LogP contribution is -2.54. The molecule has 0 radical (unpaired) electrons. The lowest BCUT2D eigenvalue weighted by molar-refractivity contribution is -0.137. The number of nitrogens with one attached hydrogen (secondary N) is 1. The molecule has 1 aromatic carbocycles. The van der Waals surface area contributed by atoms with Crippen molar-refractivity contribution in [3.8, 4) is 0 Å². The molecule has 1 aliphatic heterocycles. The standard InChI is InChI=1S/C26H33FN2O2/c1-25-13-11-20-18(7-10-22-26(20,2)14-12-23(30)29(22)3)19(25)8-9-21(25)24(31)28-17-6-4-5-16(27)15-17/h4-6,10,15,18-21H,7-9,11-14H2,1-3H3,(H,28,31)/t18-,19-,20-,21+,25-,26+/m0/s1. The van der Waals surface area contributed by atoms with Crippen LogP contribution in [0.1, 0.15) is 58.8 Å². The predicted octanol–water partition coefficient (Wildman–Crippen LogP) is 5.37. The maximum atomic E-state index is 13.6. The SMILES string of the molecule is CN1C(=O)CC[C@@]2(C)C1=CC[C@H]1[C@@H]3CC[C@H](C(=O)Nc4cccc(F)c4)[C@@]3(C)CC[C@@H]12. The zero-order chi connectivity index (χ0) is 22.0. The molecule has 3 aliphatic carbocycles. The van der Waals surface area contributed by atoms with Gasteiger partial charge in [-0.15, -0.1) is 0 Å². The van der Waals surface area contributed by atoms with Crippen molar-refractivity contribution in [1.82, 2.24) is 4.90 Å². The van der Waals surface area contributed by atoms with Crippen LogP contribution in [0.25, 0.3) is 0 Å². The Morgan fingerprint density at radius 1 is 1.16 bits per heavy atom. The van der Waals surface area contributed by atoms with Crippen LogP contribution in [-0.4, -0.2) is 23.8 Å². The number of halogens is 1. The van der Waals surface area contributed by atoms with Crippen LogP contribution in [0.15, 0.2) is 36.0 Å². The fourth-order valence-corrected chi connectivity index (χ4v) is 7.81. The average molecular weight is 425 g/mol. The Bertz CT molecular complexity index is 958. The van der Waals surface area contributed by atoms with Crippen LogP contribution in [0.5, 0.6) is 0 Å². The van der Waals surface area contributed by atoms with Gasteiger partial charge in [-0.3, -0.25) is 9.59 Å². The van der Waals surface area contributed by atoms with Crippen LogP contribution < -0.4 is 5.32 Å². The molecule has 166 valence electrons.